The molecule has 0 aliphatic carbocycles. The summed E-state index contributed by atoms with van der Waals surface area (Å²) in [6.07, 6.45) is 0.0418. The third-order valence-electron chi connectivity index (χ3n) is 4.15. The van der Waals surface area contributed by atoms with E-state index >= 15 is 0 Å². The van der Waals surface area contributed by atoms with Crippen molar-refractivity contribution in [3.63, 3.8) is 0 Å². The van der Waals surface area contributed by atoms with Crippen molar-refractivity contribution in [1.29, 1.82) is 0 Å². The normalized spacial score (nSPS) is 14.9. The van der Waals surface area contributed by atoms with E-state index in [-0.39, 0.29) is 47.2 Å². The molecule has 0 radical (unpaired) electrons. The zero-order valence-corrected chi connectivity index (χ0v) is 15.0. The van der Waals surface area contributed by atoms with E-state index in [1.54, 1.807) is 0 Å². The molecule has 0 atom stereocenters. The minimum absolute atomic E-state index is 0.0121. The number of nitrogens with zero attached hydrogens (tertiary/aromatic N) is 2. The van der Waals surface area contributed by atoms with Gasteiger partial charge in [-0.25, -0.2) is 13.2 Å². The van der Waals surface area contributed by atoms with Crippen LogP contribution in [-0.4, -0.2) is 29.2 Å². The lowest BCUT2D eigenvalue weighted by Crippen LogP contribution is -2.17. The van der Waals surface area contributed by atoms with Crippen molar-refractivity contribution in [2.45, 2.75) is 12.8 Å². The average molecular weight is 411 g/mol. The largest absolute Gasteiger partial charge is 0.411 e. The number of aliphatic imine (C=N–C) groups is 1. The van der Waals surface area contributed by atoms with Gasteiger partial charge in [0.2, 0.25) is 5.91 Å². The first-order valence-corrected chi connectivity index (χ1v) is 8.42. The fourth-order valence-corrected chi connectivity index (χ4v) is 3.09. The van der Waals surface area contributed by atoms with Gasteiger partial charge in [0.25, 0.3) is 0 Å². The Hall–Kier alpha value is -3.07. The van der Waals surface area contributed by atoms with Gasteiger partial charge in [0.1, 0.15) is 18.2 Å². The number of primary amides is 1. The molecule has 3 rings (SSSR count). The third kappa shape index (κ3) is 3.94. The Labute approximate surface area is 162 Å². The Morgan fingerprint density at radius 3 is 2.64 bits per heavy atom. The number of amidine groups is 1. The lowest BCUT2D eigenvalue weighted by Gasteiger charge is -2.11. The zero-order chi connectivity index (χ0) is 20.4. The maximum absolute atomic E-state index is 14.2. The summed E-state index contributed by atoms with van der Waals surface area (Å²) in [7, 11) is 0. The van der Waals surface area contributed by atoms with Crippen LogP contribution in [0.15, 0.2) is 34.4 Å². The molecule has 0 aromatic heterocycles. The van der Waals surface area contributed by atoms with Gasteiger partial charge >= 0.3 is 0 Å². The van der Waals surface area contributed by atoms with E-state index in [1.807, 2.05) is 0 Å². The van der Waals surface area contributed by atoms with Crippen LogP contribution in [0.5, 0.6) is 0 Å². The molecule has 0 saturated carbocycles. The number of nitrogens with one attached hydrogen (secondary N) is 1. The molecule has 2 aromatic carbocycles. The maximum Gasteiger partial charge on any atom is 0.239 e. The van der Waals surface area contributed by atoms with E-state index in [0.29, 0.717) is 11.1 Å². The second kappa shape index (κ2) is 7.89. The van der Waals surface area contributed by atoms with Crippen LogP contribution in [-0.2, 0) is 17.6 Å². The molecule has 1 amide bonds. The number of amides is 1. The molecular weight excluding hydrogens is 397 g/mol. The molecule has 0 spiro atoms. The summed E-state index contributed by atoms with van der Waals surface area (Å²) in [5.41, 5.74) is 5.87. The number of hydrogen-bond donors (Lipinski definition) is 3. The van der Waals surface area contributed by atoms with Crippen molar-refractivity contribution in [2.24, 2.45) is 15.9 Å². The molecule has 1 heterocycles. The van der Waals surface area contributed by atoms with Crippen molar-refractivity contribution in [3.05, 3.63) is 63.4 Å². The highest BCUT2D eigenvalue weighted by molar-refractivity contribution is 6.30. The van der Waals surface area contributed by atoms with Crippen LogP contribution in [0.2, 0.25) is 5.02 Å². The highest BCUT2D eigenvalue weighted by atomic mass is 35.5. The van der Waals surface area contributed by atoms with Crippen molar-refractivity contribution >= 4 is 34.7 Å². The number of carbonyl (C=O) groups is 1. The number of rotatable bonds is 5. The smallest absolute Gasteiger partial charge is 0.239 e. The molecule has 0 saturated heterocycles. The second-order valence-electron chi connectivity index (χ2n) is 6.08. The minimum Gasteiger partial charge on any atom is -0.411 e. The van der Waals surface area contributed by atoms with Gasteiger partial charge in [0.15, 0.2) is 11.6 Å². The van der Waals surface area contributed by atoms with E-state index in [4.69, 9.17) is 17.3 Å². The number of carbonyl (C=O) groups excluding carboxylic acids is 1. The first-order chi connectivity index (χ1) is 13.3. The number of hydrogen-bond acceptors (Lipinski definition) is 4. The number of nitrogens with two attached hydrogens (primary N) is 1. The number of halogens is 4. The zero-order valence-electron chi connectivity index (χ0n) is 14.3. The summed E-state index contributed by atoms with van der Waals surface area (Å²) in [6.45, 7) is -0.315. The minimum atomic E-state index is -1.16. The monoisotopic (exact) mass is 410 g/mol. The molecule has 10 heteroatoms. The van der Waals surface area contributed by atoms with Crippen LogP contribution in [0.1, 0.15) is 16.7 Å². The van der Waals surface area contributed by atoms with Gasteiger partial charge < -0.3 is 16.3 Å². The first kappa shape index (κ1) is 19.7. The van der Waals surface area contributed by atoms with Crippen LogP contribution < -0.4 is 11.1 Å². The molecule has 0 fully saturated rings. The Morgan fingerprint density at radius 2 is 2.00 bits per heavy atom. The average Bonchev–Trinajstić information content (AvgIpc) is 3.08. The summed E-state index contributed by atoms with van der Waals surface area (Å²) in [4.78, 5) is 14.8. The van der Waals surface area contributed by atoms with Gasteiger partial charge in [-0.2, -0.15) is 0 Å². The third-order valence-corrected chi connectivity index (χ3v) is 4.44. The molecule has 4 N–H and O–H groups in total. The standard InChI is InChI=1S/C18H14ClF3N4O2/c19-11-3-8(1-2-12(11)20)4-14(26-28)9-5-13(21)17(22)18-10(9)6-16(25-18)24-7-15(23)27/h1-3,5,28H,4,6-7H2,(H2,23,27)(H,24,25)/b26-14+. The van der Waals surface area contributed by atoms with Crippen LogP contribution in [0.25, 0.3) is 0 Å². The Bertz CT molecular complexity index is 1020. The Morgan fingerprint density at radius 1 is 1.25 bits per heavy atom. The van der Waals surface area contributed by atoms with E-state index in [9.17, 15) is 23.2 Å². The first-order valence-electron chi connectivity index (χ1n) is 8.05. The maximum atomic E-state index is 14.2. The summed E-state index contributed by atoms with van der Waals surface area (Å²) in [5.74, 6) is -3.34. The highest BCUT2D eigenvalue weighted by Gasteiger charge is 2.28. The molecule has 1 aliphatic rings. The van der Waals surface area contributed by atoms with Crippen LogP contribution in [0.4, 0.5) is 18.9 Å². The van der Waals surface area contributed by atoms with Crippen LogP contribution in [0, 0.1) is 17.5 Å². The van der Waals surface area contributed by atoms with Gasteiger partial charge in [-0.15, -0.1) is 0 Å². The van der Waals surface area contributed by atoms with E-state index in [0.717, 1.165) is 12.1 Å². The Balaban J connectivity index is 1.99. The van der Waals surface area contributed by atoms with Crippen LogP contribution in [0.3, 0.4) is 0 Å². The SMILES string of the molecule is NC(=O)CN=C1Cc2c(/C(Cc3ccc(F)c(Cl)c3)=N/O)cc(F)c(F)c2N1. The molecule has 0 unspecified atom stereocenters. The number of oxime groups is 1. The van der Waals surface area contributed by atoms with Gasteiger partial charge in [-0.3, -0.25) is 9.79 Å². The summed E-state index contributed by atoms with van der Waals surface area (Å²) in [6, 6.07) is 4.84. The predicted molar refractivity (Wildman–Crippen MR) is 98.6 cm³/mol. The molecule has 146 valence electrons. The topological polar surface area (TPSA) is 100 Å². The summed E-state index contributed by atoms with van der Waals surface area (Å²) in [5, 5.41) is 15.2. The van der Waals surface area contributed by atoms with Crippen molar-refractivity contribution in [2.75, 3.05) is 11.9 Å². The fourth-order valence-electron chi connectivity index (χ4n) is 2.89. The molecular formula is C18H14ClF3N4O2. The molecule has 28 heavy (non-hydrogen) atoms. The van der Waals surface area contributed by atoms with E-state index in [1.165, 1.54) is 12.1 Å². The van der Waals surface area contributed by atoms with Gasteiger partial charge in [-0.1, -0.05) is 22.8 Å². The lowest BCUT2D eigenvalue weighted by atomic mass is 9.95. The number of fused-ring (bicyclic) bond motifs is 1. The highest BCUT2D eigenvalue weighted by Crippen LogP contribution is 2.33. The lowest BCUT2D eigenvalue weighted by molar-refractivity contribution is -0.116. The Kier molecular flexibility index (Phi) is 5.55. The van der Waals surface area contributed by atoms with Crippen molar-refractivity contribution in [1.82, 2.24) is 0 Å². The summed E-state index contributed by atoms with van der Waals surface area (Å²) < 4.78 is 41.6. The predicted octanol–water partition coefficient (Wildman–Crippen LogP) is 3.03. The molecule has 6 nitrogen and oxygen atoms in total. The number of anilines is 1. The van der Waals surface area contributed by atoms with Crippen molar-refractivity contribution in [3.8, 4) is 0 Å². The second-order valence-corrected chi connectivity index (χ2v) is 6.48. The molecule has 1 aliphatic heterocycles. The molecule has 2 aromatic rings. The quantitative estimate of drug-likeness (QED) is 0.401. The van der Waals surface area contributed by atoms with Crippen molar-refractivity contribution < 1.29 is 23.2 Å². The summed E-state index contributed by atoms with van der Waals surface area (Å²) >= 11 is 5.76. The van der Waals surface area contributed by atoms with E-state index in [2.05, 4.69) is 15.5 Å². The van der Waals surface area contributed by atoms with E-state index < -0.39 is 23.4 Å². The fraction of sp³-hybridized carbons (Fsp3) is 0.167. The van der Waals surface area contributed by atoms with Gasteiger partial charge in [0.05, 0.1) is 16.4 Å². The van der Waals surface area contributed by atoms with Gasteiger partial charge in [0, 0.05) is 18.4 Å². The number of benzene rings is 2. The molecule has 0 bridgehead atoms. The van der Waals surface area contributed by atoms with Crippen LogP contribution >= 0.6 is 11.6 Å². The van der Waals surface area contributed by atoms with Gasteiger partial charge in [-0.05, 0) is 29.3 Å².